The number of nitrogens with zero attached hydrogens (tertiary/aromatic N) is 1. The number of nitrogens with one attached hydrogen (secondary N) is 1. The van der Waals surface area contributed by atoms with Crippen LogP contribution in [0.15, 0.2) is 34.9 Å². The van der Waals surface area contributed by atoms with Gasteiger partial charge in [-0.15, -0.1) is 0 Å². The predicted octanol–water partition coefficient (Wildman–Crippen LogP) is 1.94. The zero-order valence-corrected chi connectivity index (χ0v) is 12.5. The van der Waals surface area contributed by atoms with Gasteiger partial charge in [0.1, 0.15) is 11.9 Å². The molecule has 2 rings (SSSR count). The van der Waals surface area contributed by atoms with E-state index in [2.05, 4.69) is 10.5 Å². The molecule has 0 unspecified atom stereocenters. The third-order valence-corrected chi connectivity index (χ3v) is 3.42. The molecule has 0 radical (unpaired) electrons. The first kappa shape index (κ1) is 15.3. The lowest BCUT2D eigenvalue weighted by molar-refractivity contribution is -0.123. The molecule has 1 aliphatic rings. The molecule has 112 valence electrons. The standard InChI is InChI=1S/C16H21N3O2/c1-10(2)15(17)16(20)19-18-9-13-8-12-6-4-5-7-14(12)21-11(13)3/h4-11,15H,17H2,1-3H3,(H,19,20)/b18-9-/t11-,15-/m1/s1. The van der Waals surface area contributed by atoms with Crippen molar-refractivity contribution in [3.05, 3.63) is 35.4 Å². The van der Waals surface area contributed by atoms with Crippen LogP contribution in [-0.4, -0.2) is 24.3 Å². The molecule has 0 aromatic heterocycles. The van der Waals surface area contributed by atoms with Gasteiger partial charge in [0, 0.05) is 11.1 Å². The Hall–Kier alpha value is -2.14. The number of carbonyl (C=O) groups excluding carboxylic acids is 1. The van der Waals surface area contributed by atoms with Gasteiger partial charge in [0.05, 0.1) is 12.3 Å². The Morgan fingerprint density at radius 1 is 1.43 bits per heavy atom. The number of hydrogen-bond acceptors (Lipinski definition) is 4. The molecule has 1 aromatic carbocycles. The predicted molar refractivity (Wildman–Crippen MR) is 84.0 cm³/mol. The fourth-order valence-electron chi connectivity index (χ4n) is 1.95. The van der Waals surface area contributed by atoms with Crippen molar-refractivity contribution in [2.75, 3.05) is 0 Å². The lowest BCUT2D eigenvalue weighted by atomic mass is 10.0. The zero-order valence-electron chi connectivity index (χ0n) is 12.5. The molecule has 2 atom stereocenters. The molecule has 5 nitrogen and oxygen atoms in total. The first-order valence-electron chi connectivity index (χ1n) is 7.05. The molecule has 0 aliphatic carbocycles. The lowest BCUT2D eigenvalue weighted by Crippen LogP contribution is -2.42. The molecule has 0 spiro atoms. The van der Waals surface area contributed by atoms with Crippen LogP contribution in [-0.2, 0) is 4.79 Å². The van der Waals surface area contributed by atoms with E-state index >= 15 is 0 Å². The summed E-state index contributed by atoms with van der Waals surface area (Å²) in [7, 11) is 0. The van der Waals surface area contributed by atoms with E-state index in [0.717, 1.165) is 16.9 Å². The van der Waals surface area contributed by atoms with Crippen LogP contribution in [0.3, 0.4) is 0 Å². The largest absolute Gasteiger partial charge is 0.485 e. The number of para-hydroxylation sites is 1. The molecule has 0 bridgehead atoms. The summed E-state index contributed by atoms with van der Waals surface area (Å²) in [6, 6.07) is 7.23. The third kappa shape index (κ3) is 3.70. The van der Waals surface area contributed by atoms with Crippen molar-refractivity contribution in [2.45, 2.75) is 32.9 Å². The minimum Gasteiger partial charge on any atom is -0.485 e. The fourth-order valence-corrected chi connectivity index (χ4v) is 1.95. The molecule has 0 saturated heterocycles. The highest BCUT2D eigenvalue weighted by molar-refractivity contribution is 5.90. The van der Waals surface area contributed by atoms with Gasteiger partial charge in [-0.2, -0.15) is 5.10 Å². The fraction of sp³-hybridized carbons (Fsp3) is 0.375. The van der Waals surface area contributed by atoms with Crippen LogP contribution in [0.25, 0.3) is 6.08 Å². The minimum absolute atomic E-state index is 0.0724. The summed E-state index contributed by atoms with van der Waals surface area (Å²) in [6.45, 7) is 5.73. The molecular weight excluding hydrogens is 266 g/mol. The first-order valence-corrected chi connectivity index (χ1v) is 7.05. The van der Waals surface area contributed by atoms with Gasteiger partial charge in [-0.05, 0) is 25.0 Å². The van der Waals surface area contributed by atoms with Gasteiger partial charge in [-0.25, -0.2) is 5.43 Å². The third-order valence-electron chi connectivity index (χ3n) is 3.42. The van der Waals surface area contributed by atoms with Gasteiger partial charge in [0.15, 0.2) is 0 Å². The average molecular weight is 287 g/mol. The Bertz CT molecular complexity index is 579. The van der Waals surface area contributed by atoms with E-state index in [4.69, 9.17) is 10.5 Å². The number of rotatable bonds is 4. The molecule has 21 heavy (non-hydrogen) atoms. The number of carbonyl (C=O) groups is 1. The summed E-state index contributed by atoms with van der Waals surface area (Å²) in [6.07, 6.45) is 3.49. The average Bonchev–Trinajstić information content (AvgIpc) is 2.46. The summed E-state index contributed by atoms with van der Waals surface area (Å²) in [5.74, 6) is 0.642. The maximum atomic E-state index is 11.7. The van der Waals surface area contributed by atoms with Crippen molar-refractivity contribution in [2.24, 2.45) is 16.8 Å². The highest BCUT2D eigenvalue weighted by atomic mass is 16.5. The number of nitrogens with two attached hydrogens (primary N) is 1. The van der Waals surface area contributed by atoms with E-state index in [1.54, 1.807) is 6.21 Å². The van der Waals surface area contributed by atoms with E-state index < -0.39 is 6.04 Å². The highest BCUT2D eigenvalue weighted by Crippen LogP contribution is 2.28. The van der Waals surface area contributed by atoms with Gasteiger partial charge in [0.2, 0.25) is 0 Å². The molecule has 1 aromatic rings. The lowest BCUT2D eigenvalue weighted by Gasteiger charge is -2.22. The molecule has 1 aliphatic heterocycles. The zero-order chi connectivity index (χ0) is 15.4. The maximum Gasteiger partial charge on any atom is 0.257 e. The van der Waals surface area contributed by atoms with Gasteiger partial charge in [-0.1, -0.05) is 32.0 Å². The van der Waals surface area contributed by atoms with Crippen LogP contribution >= 0.6 is 0 Å². The number of ether oxygens (including phenoxy) is 1. The summed E-state index contributed by atoms with van der Waals surface area (Å²) < 4.78 is 5.79. The van der Waals surface area contributed by atoms with E-state index in [0.29, 0.717) is 0 Å². The van der Waals surface area contributed by atoms with E-state index in [1.807, 2.05) is 51.1 Å². The molecule has 5 heteroatoms. The monoisotopic (exact) mass is 287 g/mol. The van der Waals surface area contributed by atoms with Crippen molar-refractivity contribution >= 4 is 18.2 Å². The number of amides is 1. The maximum absolute atomic E-state index is 11.7. The molecule has 0 fully saturated rings. The van der Waals surface area contributed by atoms with Crippen LogP contribution in [0.1, 0.15) is 26.3 Å². The Labute approximate surface area is 124 Å². The number of hydrazone groups is 1. The number of fused-ring (bicyclic) bond motifs is 1. The van der Waals surface area contributed by atoms with Crippen LogP contribution in [0, 0.1) is 5.92 Å². The van der Waals surface area contributed by atoms with Crippen LogP contribution in [0.5, 0.6) is 5.75 Å². The van der Waals surface area contributed by atoms with E-state index in [-0.39, 0.29) is 17.9 Å². The Morgan fingerprint density at radius 2 is 2.14 bits per heavy atom. The van der Waals surface area contributed by atoms with E-state index in [1.165, 1.54) is 0 Å². The van der Waals surface area contributed by atoms with Crippen LogP contribution in [0.2, 0.25) is 0 Å². The second-order valence-corrected chi connectivity index (χ2v) is 5.45. The van der Waals surface area contributed by atoms with Crippen molar-refractivity contribution in [1.29, 1.82) is 0 Å². The molecule has 3 N–H and O–H groups in total. The molecule has 0 saturated carbocycles. The van der Waals surface area contributed by atoms with Crippen molar-refractivity contribution in [1.82, 2.24) is 5.43 Å². The van der Waals surface area contributed by atoms with Gasteiger partial charge in [0.25, 0.3) is 5.91 Å². The first-order chi connectivity index (χ1) is 9.99. The molecular formula is C16H21N3O2. The molecule has 1 heterocycles. The van der Waals surface area contributed by atoms with Gasteiger partial charge >= 0.3 is 0 Å². The van der Waals surface area contributed by atoms with Crippen LogP contribution < -0.4 is 15.9 Å². The second-order valence-electron chi connectivity index (χ2n) is 5.45. The number of benzene rings is 1. The van der Waals surface area contributed by atoms with Gasteiger partial charge < -0.3 is 10.5 Å². The quantitative estimate of drug-likeness (QED) is 0.656. The Morgan fingerprint density at radius 3 is 2.86 bits per heavy atom. The summed E-state index contributed by atoms with van der Waals surface area (Å²) >= 11 is 0. The Kier molecular flexibility index (Phi) is 4.75. The Balaban J connectivity index is 2.04. The van der Waals surface area contributed by atoms with Gasteiger partial charge in [-0.3, -0.25) is 4.79 Å². The van der Waals surface area contributed by atoms with E-state index in [9.17, 15) is 4.79 Å². The molecule has 1 amide bonds. The topological polar surface area (TPSA) is 76.7 Å². The second kappa shape index (κ2) is 6.54. The summed E-state index contributed by atoms with van der Waals surface area (Å²) in [4.78, 5) is 11.7. The van der Waals surface area contributed by atoms with Crippen molar-refractivity contribution in [3.63, 3.8) is 0 Å². The highest BCUT2D eigenvalue weighted by Gasteiger charge is 2.18. The van der Waals surface area contributed by atoms with Crippen molar-refractivity contribution in [3.8, 4) is 5.75 Å². The normalized spacial score (nSPS) is 18.9. The number of hydrogen-bond donors (Lipinski definition) is 2. The minimum atomic E-state index is -0.558. The van der Waals surface area contributed by atoms with Crippen LogP contribution in [0.4, 0.5) is 0 Å². The smallest absolute Gasteiger partial charge is 0.257 e. The van der Waals surface area contributed by atoms with Crippen molar-refractivity contribution < 1.29 is 9.53 Å². The SMILES string of the molecule is CC(C)[C@@H](N)C(=O)N/N=C\C1=Cc2ccccc2O[C@@H]1C. The summed E-state index contributed by atoms with van der Waals surface area (Å²) in [5, 5.41) is 3.97. The summed E-state index contributed by atoms with van der Waals surface area (Å²) in [5.41, 5.74) is 10.1.